The number of carboxylic acids is 1. The Hall–Kier alpha value is -3.61. The number of fused-ring (bicyclic) bond motifs is 1. The Bertz CT molecular complexity index is 1140. The number of aryl methyl sites for hydroxylation is 1. The minimum atomic E-state index is -1.01. The van der Waals surface area contributed by atoms with E-state index in [0.717, 1.165) is 22.6 Å². The molecule has 2 aromatic rings. The highest BCUT2D eigenvalue weighted by molar-refractivity contribution is 5.92. The van der Waals surface area contributed by atoms with Crippen LogP contribution in [0.25, 0.3) is 6.08 Å². The Morgan fingerprint density at radius 3 is 2.82 bits per heavy atom. The lowest BCUT2D eigenvalue weighted by Crippen LogP contribution is -2.48. The molecule has 1 aromatic carbocycles. The Balaban J connectivity index is 1.40. The summed E-state index contributed by atoms with van der Waals surface area (Å²) < 4.78 is 11.7. The number of aromatic nitrogens is 1. The van der Waals surface area contributed by atoms with Gasteiger partial charge in [0.1, 0.15) is 17.6 Å². The van der Waals surface area contributed by atoms with Crippen molar-refractivity contribution in [1.82, 2.24) is 9.88 Å². The van der Waals surface area contributed by atoms with E-state index in [1.54, 1.807) is 18.2 Å². The fraction of sp³-hybridized carbons (Fsp3) is 0.370. The summed E-state index contributed by atoms with van der Waals surface area (Å²) in [4.78, 5) is 30.4. The Labute approximate surface area is 199 Å². The number of hydrogen-bond donors (Lipinski definition) is 1. The number of carbonyl (C=O) groups is 2. The summed E-state index contributed by atoms with van der Waals surface area (Å²) in [7, 11) is 0. The quantitative estimate of drug-likeness (QED) is 0.436. The van der Waals surface area contributed by atoms with Crippen molar-refractivity contribution in [3.63, 3.8) is 0 Å². The molecular weight excluding hydrogens is 432 g/mol. The maximum atomic E-state index is 12.6. The van der Waals surface area contributed by atoms with Crippen molar-refractivity contribution >= 4 is 18.0 Å². The SMILES string of the molecule is C/C=C/C=C/C(=O)N1Cc2cc(OCCc3nc(/C=C/C4CC4)oc3C)ccc2C[C@H]1C(=O)O. The molecule has 0 saturated heterocycles. The number of benzene rings is 1. The molecule has 7 heteroatoms. The molecule has 0 spiro atoms. The van der Waals surface area contributed by atoms with Gasteiger partial charge >= 0.3 is 5.97 Å². The highest BCUT2D eigenvalue weighted by Gasteiger charge is 2.33. The molecule has 1 fully saturated rings. The summed E-state index contributed by atoms with van der Waals surface area (Å²) in [5.74, 6) is 1.45. The van der Waals surface area contributed by atoms with Gasteiger partial charge < -0.3 is 19.2 Å². The second-order valence-corrected chi connectivity index (χ2v) is 8.69. The predicted molar refractivity (Wildman–Crippen MR) is 128 cm³/mol. The van der Waals surface area contributed by atoms with E-state index in [4.69, 9.17) is 9.15 Å². The van der Waals surface area contributed by atoms with Gasteiger partial charge in [0.25, 0.3) is 0 Å². The van der Waals surface area contributed by atoms with Crippen LogP contribution < -0.4 is 4.74 Å². The van der Waals surface area contributed by atoms with Gasteiger partial charge in [0.15, 0.2) is 0 Å². The van der Waals surface area contributed by atoms with E-state index in [1.807, 2.05) is 38.1 Å². The summed E-state index contributed by atoms with van der Waals surface area (Å²) in [5, 5.41) is 9.65. The summed E-state index contributed by atoms with van der Waals surface area (Å²) >= 11 is 0. The zero-order valence-corrected chi connectivity index (χ0v) is 19.6. The summed E-state index contributed by atoms with van der Waals surface area (Å²) in [6, 6.07) is 4.74. The fourth-order valence-corrected chi connectivity index (χ4v) is 3.97. The van der Waals surface area contributed by atoms with Crippen LogP contribution in [0.2, 0.25) is 0 Å². The van der Waals surface area contributed by atoms with E-state index in [-0.39, 0.29) is 18.9 Å². The van der Waals surface area contributed by atoms with E-state index < -0.39 is 12.0 Å². The molecule has 178 valence electrons. The third-order valence-electron chi connectivity index (χ3n) is 6.07. The van der Waals surface area contributed by atoms with Crippen LogP contribution in [0.1, 0.15) is 48.2 Å². The number of carbonyl (C=O) groups excluding carboxylic acids is 1. The van der Waals surface area contributed by atoms with Gasteiger partial charge in [-0.1, -0.05) is 30.4 Å². The van der Waals surface area contributed by atoms with Crippen LogP contribution in [0.3, 0.4) is 0 Å². The second-order valence-electron chi connectivity index (χ2n) is 8.69. The number of hydrogen-bond acceptors (Lipinski definition) is 5. The monoisotopic (exact) mass is 462 g/mol. The Morgan fingerprint density at radius 2 is 2.09 bits per heavy atom. The first kappa shape index (κ1) is 23.5. The lowest BCUT2D eigenvalue weighted by atomic mass is 9.93. The van der Waals surface area contributed by atoms with Gasteiger partial charge in [0.05, 0.1) is 12.3 Å². The number of amides is 1. The molecule has 2 aliphatic rings. The molecule has 1 saturated carbocycles. The van der Waals surface area contributed by atoms with Crippen LogP contribution in [-0.4, -0.2) is 39.5 Å². The van der Waals surface area contributed by atoms with Gasteiger partial charge in [-0.25, -0.2) is 9.78 Å². The third kappa shape index (κ3) is 5.84. The van der Waals surface area contributed by atoms with E-state index in [9.17, 15) is 14.7 Å². The van der Waals surface area contributed by atoms with Crippen LogP contribution in [0, 0.1) is 12.8 Å². The first-order valence-corrected chi connectivity index (χ1v) is 11.7. The first-order valence-electron chi connectivity index (χ1n) is 11.7. The Kier molecular flexibility index (Phi) is 7.30. The zero-order valence-electron chi connectivity index (χ0n) is 19.6. The van der Waals surface area contributed by atoms with Crippen LogP contribution >= 0.6 is 0 Å². The molecule has 1 amide bonds. The number of allylic oxidation sites excluding steroid dienone is 4. The van der Waals surface area contributed by atoms with Gasteiger partial charge in [-0.3, -0.25) is 4.79 Å². The Morgan fingerprint density at radius 1 is 1.26 bits per heavy atom. The molecule has 0 unspecified atom stereocenters. The molecular formula is C27H30N2O5. The molecule has 2 heterocycles. The molecule has 0 radical (unpaired) electrons. The maximum Gasteiger partial charge on any atom is 0.326 e. The maximum absolute atomic E-state index is 12.6. The van der Waals surface area contributed by atoms with Crippen LogP contribution in [-0.2, 0) is 29.0 Å². The summed E-state index contributed by atoms with van der Waals surface area (Å²) in [6.07, 6.45) is 14.0. The highest BCUT2D eigenvalue weighted by atomic mass is 16.5. The van der Waals surface area contributed by atoms with Gasteiger partial charge in [-0.05, 0) is 61.9 Å². The summed E-state index contributed by atoms with van der Waals surface area (Å²) in [5.41, 5.74) is 2.69. The van der Waals surface area contributed by atoms with Crippen molar-refractivity contribution in [2.24, 2.45) is 5.92 Å². The molecule has 1 aromatic heterocycles. The number of ether oxygens (including phenoxy) is 1. The van der Waals surface area contributed by atoms with E-state index in [0.29, 0.717) is 30.6 Å². The molecule has 1 atom stereocenters. The second kappa shape index (κ2) is 10.5. The van der Waals surface area contributed by atoms with Crippen molar-refractivity contribution < 1.29 is 23.8 Å². The smallest absolute Gasteiger partial charge is 0.326 e. The normalized spacial score (nSPS) is 18.2. The van der Waals surface area contributed by atoms with Crippen molar-refractivity contribution in [2.45, 2.75) is 52.1 Å². The highest BCUT2D eigenvalue weighted by Crippen LogP contribution is 2.31. The van der Waals surface area contributed by atoms with Crippen LogP contribution in [0.4, 0.5) is 0 Å². The van der Waals surface area contributed by atoms with E-state index in [2.05, 4.69) is 11.1 Å². The third-order valence-corrected chi connectivity index (χ3v) is 6.07. The van der Waals surface area contributed by atoms with Crippen molar-refractivity contribution in [2.75, 3.05) is 6.61 Å². The number of aliphatic carboxylic acids is 1. The fourth-order valence-electron chi connectivity index (χ4n) is 3.97. The number of oxazole rings is 1. The average Bonchev–Trinajstić information content (AvgIpc) is 3.59. The molecule has 4 rings (SSSR count). The van der Waals surface area contributed by atoms with E-state index in [1.165, 1.54) is 23.8 Å². The lowest BCUT2D eigenvalue weighted by molar-refractivity contribution is -0.149. The van der Waals surface area contributed by atoms with Crippen LogP contribution in [0.5, 0.6) is 5.75 Å². The van der Waals surface area contributed by atoms with Gasteiger partial charge in [0, 0.05) is 25.5 Å². The van der Waals surface area contributed by atoms with Gasteiger partial charge in [-0.15, -0.1) is 0 Å². The van der Waals surface area contributed by atoms with Gasteiger partial charge in [-0.2, -0.15) is 0 Å². The minimum Gasteiger partial charge on any atom is -0.493 e. The molecule has 1 aliphatic heterocycles. The van der Waals surface area contributed by atoms with E-state index >= 15 is 0 Å². The van der Waals surface area contributed by atoms with Crippen molar-refractivity contribution in [3.05, 3.63) is 77.1 Å². The lowest BCUT2D eigenvalue weighted by Gasteiger charge is -2.34. The first-order chi connectivity index (χ1) is 16.4. The van der Waals surface area contributed by atoms with Crippen LogP contribution in [0.15, 0.2) is 53.0 Å². The molecule has 1 aliphatic carbocycles. The molecule has 7 nitrogen and oxygen atoms in total. The van der Waals surface area contributed by atoms with Crippen molar-refractivity contribution in [1.29, 1.82) is 0 Å². The molecule has 0 bridgehead atoms. The minimum absolute atomic E-state index is 0.224. The number of carboxylic acid groups (broad SMARTS) is 1. The molecule has 1 N–H and O–H groups in total. The largest absolute Gasteiger partial charge is 0.493 e. The standard InChI is InChI=1S/C27H30N2O5/c1-3-4-5-6-26(30)29-17-21-15-22(11-10-20(21)16-24(29)27(31)32)33-14-13-23-18(2)34-25(28-23)12-9-19-7-8-19/h3-6,9-12,15,19,24H,7-8,13-14,16-17H2,1-2H3,(H,31,32)/b4-3+,6-5+,12-9+/t24-/m0/s1. The number of nitrogens with zero attached hydrogens (tertiary/aromatic N) is 2. The topological polar surface area (TPSA) is 92.9 Å². The summed E-state index contributed by atoms with van der Waals surface area (Å²) in [6.45, 7) is 4.42. The molecule has 34 heavy (non-hydrogen) atoms. The predicted octanol–water partition coefficient (Wildman–Crippen LogP) is 4.50. The zero-order chi connectivity index (χ0) is 24.1. The van der Waals surface area contributed by atoms with Crippen molar-refractivity contribution in [3.8, 4) is 5.75 Å². The number of rotatable bonds is 9. The van der Waals surface area contributed by atoms with Gasteiger partial charge in [0.2, 0.25) is 11.8 Å². The average molecular weight is 463 g/mol.